The molecule has 3 aromatic rings. The van der Waals surface area contributed by atoms with Crippen LogP contribution in [0.4, 0.5) is 4.79 Å². The highest BCUT2D eigenvalue weighted by Crippen LogP contribution is 2.31. The Morgan fingerprint density at radius 3 is 2.70 bits per heavy atom. The summed E-state index contributed by atoms with van der Waals surface area (Å²) in [5, 5.41) is 20.9. The van der Waals surface area contributed by atoms with Crippen LogP contribution in [0.25, 0.3) is 10.8 Å². The molecule has 2 N–H and O–H groups in total. The fraction of sp³-hybridized carbons (Fsp3) is 0.333. The quantitative estimate of drug-likeness (QED) is 0.650. The van der Waals surface area contributed by atoms with Crippen LogP contribution in [-0.2, 0) is 17.8 Å². The number of amides is 1. The summed E-state index contributed by atoms with van der Waals surface area (Å²) in [4.78, 5) is 17.4. The monoisotopic (exact) mass is 406 g/mol. The van der Waals surface area contributed by atoms with Gasteiger partial charge in [0, 0.05) is 37.4 Å². The van der Waals surface area contributed by atoms with E-state index in [0.29, 0.717) is 32.5 Å². The molecule has 1 amide bonds. The Balaban J connectivity index is 1.51. The van der Waals surface area contributed by atoms with E-state index in [2.05, 4.69) is 35.3 Å². The molecule has 1 fully saturated rings. The topological polar surface area (TPSA) is 82.9 Å². The number of likely N-dealkylation sites (tertiary alicyclic amines) is 1. The molecule has 6 nitrogen and oxygen atoms in total. The van der Waals surface area contributed by atoms with Crippen molar-refractivity contribution in [3.8, 4) is 0 Å². The van der Waals surface area contributed by atoms with E-state index in [9.17, 15) is 9.90 Å². The Bertz CT molecular complexity index is 1010. The summed E-state index contributed by atoms with van der Waals surface area (Å²) in [5.41, 5.74) is 2.96. The molecule has 1 saturated heterocycles. The zero-order valence-corrected chi connectivity index (χ0v) is 16.8. The second-order valence-corrected chi connectivity index (χ2v) is 7.71. The number of benzene rings is 2. The van der Waals surface area contributed by atoms with Gasteiger partial charge in [-0.1, -0.05) is 42.5 Å². The number of rotatable bonds is 6. The summed E-state index contributed by atoms with van der Waals surface area (Å²) < 4.78 is 6.27. The summed E-state index contributed by atoms with van der Waals surface area (Å²) in [6, 6.07) is 18.4. The van der Waals surface area contributed by atoms with Crippen molar-refractivity contribution in [1.82, 2.24) is 9.88 Å². The molecule has 2 atom stereocenters. The van der Waals surface area contributed by atoms with Crippen LogP contribution in [-0.4, -0.2) is 52.0 Å². The van der Waals surface area contributed by atoms with Crippen molar-refractivity contribution >= 4 is 16.9 Å². The number of aliphatic hydroxyl groups excluding tert-OH is 1. The van der Waals surface area contributed by atoms with Crippen LogP contribution in [0.5, 0.6) is 0 Å². The molecular formula is C24H26N2O4. The summed E-state index contributed by atoms with van der Waals surface area (Å²) in [5.74, 6) is 0.0803. The number of ether oxygens (including phenoxy) is 1. The predicted octanol–water partition coefficient (Wildman–Crippen LogP) is 3.82. The number of aromatic nitrogens is 1. The number of carboxylic acid groups (broad SMARTS) is 1. The SMILES string of the molecule is O=C(O)N1CCC(c2ccc(CCO)nc2)C(OCc2ccc3ccccc3c2)C1. The predicted molar refractivity (Wildman–Crippen MR) is 115 cm³/mol. The van der Waals surface area contributed by atoms with Crippen LogP contribution in [0.15, 0.2) is 60.8 Å². The summed E-state index contributed by atoms with van der Waals surface area (Å²) in [6.07, 6.45) is 1.89. The minimum atomic E-state index is -0.913. The maximum atomic E-state index is 11.5. The lowest BCUT2D eigenvalue weighted by atomic mass is 9.87. The van der Waals surface area contributed by atoms with Gasteiger partial charge in [0.25, 0.3) is 0 Å². The third-order valence-electron chi connectivity index (χ3n) is 5.75. The molecule has 0 saturated carbocycles. The van der Waals surface area contributed by atoms with Crippen molar-refractivity contribution in [1.29, 1.82) is 0 Å². The smallest absolute Gasteiger partial charge is 0.407 e. The zero-order chi connectivity index (χ0) is 20.9. The van der Waals surface area contributed by atoms with Gasteiger partial charge in [-0.25, -0.2) is 4.79 Å². The van der Waals surface area contributed by atoms with E-state index in [0.717, 1.165) is 22.2 Å². The second-order valence-electron chi connectivity index (χ2n) is 7.71. The van der Waals surface area contributed by atoms with Gasteiger partial charge in [0.05, 0.1) is 19.3 Å². The van der Waals surface area contributed by atoms with Gasteiger partial charge in [-0.15, -0.1) is 0 Å². The van der Waals surface area contributed by atoms with Gasteiger partial charge >= 0.3 is 6.09 Å². The zero-order valence-electron chi connectivity index (χ0n) is 16.8. The van der Waals surface area contributed by atoms with Gasteiger partial charge in [-0.3, -0.25) is 4.98 Å². The van der Waals surface area contributed by atoms with E-state index in [1.807, 2.05) is 30.5 Å². The van der Waals surface area contributed by atoms with Crippen LogP contribution in [0.1, 0.15) is 29.2 Å². The Morgan fingerprint density at radius 2 is 1.97 bits per heavy atom. The number of hydrogen-bond acceptors (Lipinski definition) is 4. The van der Waals surface area contributed by atoms with Gasteiger partial charge in [0.2, 0.25) is 0 Å². The molecule has 2 heterocycles. The molecular weight excluding hydrogens is 380 g/mol. The molecule has 0 radical (unpaired) electrons. The minimum absolute atomic E-state index is 0.0703. The molecule has 1 aliphatic rings. The van der Waals surface area contributed by atoms with Crippen LogP contribution >= 0.6 is 0 Å². The molecule has 0 bridgehead atoms. The van der Waals surface area contributed by atoms with E-state index in [-0.39, 0.29) is 18.6 Å². The molecule has 1 aromatic heterocycles. The fourth-order valence-corrected chi connectivity index (χ4v) is 4.09. The third-order valence-corrected chi connectivity index (χ3v) is 5.75. The van der Waals surface area contributed by atoms with Gasteiger partial charge in [-0.05, 0) is 40.5 Å². The lowest BCUT2D eigenvalue weighted by Gasteiger charge is -2.37. The van der Waals surface area contributed by atoms with E-state index >= 15 is 0 Å². The molecule has 0 aliphatic carbocycles. The lowest BCUT2D eigenvalue weighted by molar-refractivity contribution is -0.0200. The molecule has 30 heavy (non-hydrogen) atoms. The van der Waals surface area contributed by atoms with E-state index in [1.54, 1.807) is 0 Å². The van der Waals surface area contributed by atoms with Crippen molar-refractivity contribution in [3.05, 3.63) is 77.6 Å². The fourth-order valence-electron chi connectivity index (χ4n) is 4.09. The number of carbonyl (C=O) groups is 1. The Hall–Kier alpha value is -2.96. The first-order valence-corrected chi connectivity index (χ1v) is 10.3. The first kappa shape index (κ1) is 20.3. The number of fused-ring (bicyclic) bond motifs is 1. The first-order valence-electron chi connectivity index (χ1n) is 10.3. The highest BCUT2D eigenvalue weighted by Gasteiger charge is 2.33. The highest BCUT2D eigenvalue weighted by molar-refractivity contribution is 5.82. The average molecular weight is 406 g/mol. The van der Waals surface area contributed by atoms with Gasteiger partial charge in [-0.2, -0.15) is 0 Å². The summed E-state index contributed by atoms with van der Waals surface area (Å²) in [7, 11) is 0. The summed E-state index contributed by atoms with van der Waals surface area (Å²) in [6.45, 7) is 1.32. The summed E-state index contributed by atoms with van der Waals surface area (Å²) >= 11 is 0. The standard InChI is InChI=1S/C24H26N2O4/c27-12-10-21-8-7-20(14-25-21)22-9-11-26(24(28)29)15-23(22)30-16-17-5-6-18-3-1-2-4-19(18)13-17/h1-8,13-14,22-23,27H,9-12,15-16H2,(H,28,29). The number of nitrogens with zero attached hydrogens (tertiary/aromatic N) is 2. The number of piperidine rings is 1. The molecule has 4 rings (SSSR count). The van der Waals surface area contributed by atoms with Crippen LogP contribution in [0, 0.1) is 0 Å². The number of aliphatic hydroxyl groups is 1. The molecule has 6 heteroatoms. The molecule has 2 aromatic carbocycles. The molecule has 2 unspecified atom stereocenters. The second kappa shape index (κ2) is 9.24. The maximum absolute atomic E-state index is 11.5. The largest absolute Gasteiger partial charge is 0.465 e. The Labute approximate surface area is 175 Å². The Kier molecular flexibility index (Phi) is 6.26. The van der Waals surface area contributed by atoms with Gasteiger partial charge < -0.3 is 19.8 Å². The van der Waals surface area contributed by atoms with Crippen molar-refractivity contribution in [3.63, 3.8) is 0 Å². The van der Waals surface area contributed by atoms with Gasteiger partial charge in [0.15, 0.2) is 0 Å². The van der Waals surface area contributed by atoms with E-state index in [1.165, 1.54) is 10.3 Å². The van der Waals surface area contributed by atoms with E-state index < -0.39 is 6.09 Å². The molecule has 0 spiro atoms. The van der Waals surface area contributed by atoms with Gasteiger partial charge in [0.1, 0.15) is 0 Å². The Morgan fingerprint density at radius 1 is 1.13 bits per heavy atom. The number of hydrogen-bond donors (Lipinski definition) is 2. The first-order chi connectivity index (χ1) is 14.6. The van der Waals surface area contributed by atoms with Crippen LogP contribution < -0.4 is 0 Å². The molecule has 1 aliphatic heterocycles. The maximum Gasteiger partial charge on any atom is 0.407 e. The van der Waals surface area contributed by atoms with Crippen molar-refractivity contribution in [2.24, 2.45) is 0 Å². The highest BCUT2D eigenvalue weighted by atomic mass is 16.5. The number of pyridine rings is 1. The van der Waals surface area contributed by atoms with Crippen LogP contribution in [0.2, 0.25) is 0 Å². The van der Waals surface area contributed by atoms with Crippen LogP contribution in [0.3, 0.4) is 0 Å². The lowest BCUT2D eigenvalue weighted by Crippen LogP contribution is -2.46. The van der Waals surface area contributed by atoms with Crippen molar-refractivity contribution < 1.29 is 19.7 Å². The van der Waals surface area contributed by atoms with E-state index in [4.69, 9.17) is 9.84 Å². The minimum Gasteiger partial charge on any atom is -0.465 e. The normalized spacial score (nSPS) is 19.2. The van der Waals surface area contributed by atoms with Crippen molar-refractivity contribution in [2.45, 2.75) is 31.5 Å². The van der Waals surface area contributed by atoms with Crippen molar-refractivity contribution in [2.75, 3.05) is 19.7 Å². The molecule has 156 valence electrons. The average Bonchev–Trinajstić information content (AvgIpc) is 2.78. The third kappa shape index (κ3) is 4.61.